The maximum Gasteiger partial charge on any atom is 0.191 e. The largest absolute Gasteiger partial charge is 0.469 e. The van der Waals surface area contributed by atoms with Crippen LogP contribution in [-0.2, 0) is 17.7 Å². The molecule has 0 unspecified atom stereocenters. The fourth-order valence-electron chi connectivity index (χ4n) is 2.08. The van der Waals surface area contributed by atoms with Gasteiger partial charge < -0.3 is 19.8 Å². The average Bonchev–Trinajstić information content (AvgIpc) is 3.11. The van der Waals surface area contributed by atoms with Crippen LogP contribution in [0.5, 0.6) is 0 Å². The summed E-state index contributed by atoms with van der Waals surface area (Å²) in [5.41, 5.74) is 1.16. The van der Waals surface area contributed by atoms with Crippen LogP contribution in [0.4, 0.5) is 0 Å². The van der Waals surface area contributed by atoms with Gasteiger partial charge in [-0.05, 0) is 36.8 Å². The summed E-state index contributed by atoms with van der Waals surface area (Å²) in [4.78, 5) is 4.63. The van der Waals surface area contributed by atoms with E-state index >= 15 is 0 Å². The lowest BCUT2D eigenvalue weighted by molar-refractivity contribution is 0.152. The van der Waals surface area contributed by atoms with Crippen molar-refractivity contribution in [3.8, 4) is 0 Å². The van der Waals surface area contributed by atoms with Gasteiger partial charge in [-0.15, -0.1) is 24.0 Å². The molecule has 0 radical (unpaired) electrons. The predicted molar refractivity (Wildman–Crippen MR) is 116 cm³/mol. The van der Waals surface area contributed by atoms with Crippen molar-refractivity contribution >= 4 is 45.9 Å². The van der Waals surface area contributed by atoms with Gasteiger partial charge in [0.15, 0.2) is 5.96 Å². The van der Waals surface area contributed by atoms with Crippen LogP contribution in [0.1, 0.15) is 18.2 Å². The lowest BCUT2D eigenvalue weighted by atomic mass is 10.2. The normalized spacial score (nSPS) is 11.0. The van der Waals surface area contributed by atoms with E-state index in [-0.39, 0.29) is 24.0 Å². The highest BCUT2D eigenvalue weighted by Gasteiger charge is 2.01. The van der Waals surface area contributed by atoms with E-state index in [0.717, 1.165) is 47.9 Å². The van der Waals surface area contributed by atoms with Crippen LogP contribution in [0, 0.1) is 0 Å². The number of halogens is 2. The van der Waals surface area contributed by atoms with E-state index in [4.69, 9.17) is 9.15 Å². The van der Waals surface area contributed by atoms with Crippen LogP contribution in [-0.4, -0.2) is 32.3 Å². The Morgan fingerprint density at radius 3 is 2.60 bits per heavy atom. The third kappa shape index (κ3) is 9.27. The molecular formula is C18H25BrIN3O2. The van der Waals surface area contributed by atoms with Crippen molar-refractivity contribution in [2.75, 3.05) is 26.3 Å². The summed E-state index contributed by atoms with van der Waals surface area (Å²) >= 11 is 3.44. The molecule has 7 heteroatoms. The molecule has 1 heterocycles. The Hall–Kier alpha value is -1.06. The van der Waals surface area contributed by atoms with Crippen LogP contribution < -0.4 is 10.6 Å². The van der Waals surface area contributed by atoms with Gasteiger partial charge in [-0.3, -0.25) is 0 Å². The summed E-state index contributed by atoms with van der Waals surface area (Å²) in [6, 6.07) is 12.1. The Kier molecular flexibility index (Phi) is 11.6. The standard InChI is InChI=1S/C18H24BrN3O2.HI/c1-2-23-13-11-21-18(20-10-9-17-4-3-12-24-17)22-14-15-5-7-16(19)8-6-15;/h3-8,12H,2,9-11,13-14H2,1H3,(H2,20,21,22);1H. The van der Waals surface area contributed by atoms with E-state index in [2.05, 4.69) is 43.7 Å². The van der Waals surface area contributed by atoms with Crippen molar-refractivity contribution in [1.29, 1.82) is 0 Å². The smallest absolute Gasteiger partial charge is 0.191 e. The van der Waals surface area contributed by atoms with Crippen molar-refractivity contribution in [2.45, 2.75) is 19.9 Å². The Bertz CT molecular complexity index is 603. The monoisotopic (exact) mass is 521 g/mol. The van der Waals surface area contributed by atoms with Crippen LogP contribution >= 0.6 is 39.9 Å². The highest BCUT2D eigenvalue weighted by molar-refractivity contribution is 14.0. The molecular weight excluding hydrogens is 497 g/mol. The SMILES string of the molecule is CCOCCNC(=NCc1ccc(Br)cc1)NCCc1ccco1.I. The molecule has 0 aliphatic heterocycles. The Morgan fingerprint density at radius 2 is 1.92 bits per heavy atom. The van der Waals surface area contributed by atoms with Crippen molar-refractivity contribution in [2.24, 2.45) is 4.99 Å². The molecule has 0 saturated carbocycles. The van der Waals surface area contributed by atoms with Gasteiger partial charge in [0, 0.05) is 30.6 Å². The van der Waals surface area contributed by atoms with Gasteiger partial charge in [-0.1, -0.05) is 28.1 Å². The summed E-state index contributed by atoms with van der Waals surface area (Å²) in [6.45, 7) is 5.48. The quantitative estimate of drug-likeness (QED) is 0.227. The molecule has 0 atom stereocenters. The first-order chi connectivity index (χ1) is 11.8. The Labute approximate surface area is 174 Å². The van der Waals surface area contributed by atoms with E-state index in [1.165, 1.54) is 0 Å². The number of guanidine groups is 1. The summed E-state index contributed by atoms with van der Waals surface area (Å²) in [5, 5.41) is 6.62. The van der Waals surface area contributed by atoms with E-state index in [1.807, 2.05) is 31.2 Å². The molecule has 2 rings (SSSR count). The number of furan rings is 1. The minimum atomic E-state index is 0. The topological polar surface area (TPSA) is 58.8 Å². The molecule has 0 amide bonds. The third-order valence-electron chi connectivity index (χ3n) is 3.32. The molecule has 0 spiro atoms. The number of hydrogen-bond donors (Lipinski definition) is 2. The molecule has 0 fully saturated rings. The second kappa shape index (κ2) is 13.2. The highest BCUT2D eigenvalue weighted by Crippen LogP contribution is 2.11. The molecule has 0 saturated heterocycles. The minimum Gasteiger partial charge on any atom is -0.469 e. The molecule has 138 valence electrons. The zero-order valence-corrected chi connectivity index (χ0v) is 18.3. The summed E-state index contributed by atoms with van der Waals surface area (Å²) in [6.07, 6.45) is 2.51. The molecule has 2 N–H and O–H groups in total. The first-order valence-electron chi connectivity index (χ1n) is 8.14. The van der Waals surface area contributed by atoms with Gasteiger partial charge in [0.1, 0.15) is 5.76 Å². The van der Waals surface area contributed by atoms with Crippen molar-refractivity contribution in [3.63, 3.8) is 0 Å². The minimum absolute atomic E-state index is 0. The van der Waals surface area contributed by atoms with Gasteiger partial charge in [0.2, 0.25) is 0 Å². The van der Waals surface area contributed by atoms with Crippen molar-refractivity contribution in [3.05, 3.63) is 58.5 Å². The number of rotatable bonds is 9. The number of ether oxygens (including phenoxy) is 1. The summed E-state index contributed by atoms with van der Waals surface area (Å²) < 4.78 is 11.8. The van der Waals surface area contributed by atoms with Gasteiger partial charge in [-0.25, -0.2) is 4.99 Å². The first kappa shape index (κ1) is 22.0. The van der Waals surface area contributed by atoms with Gasteiger partial charge >= 0.3 is 0 Å². The number of nitrogens with zero attached hydrogens (tertiary/aromatic N) is 1. The van der Waals surface area contributed by atoms with Crippen LogP contribution in [0.3, 0.4) is 0 Å². The molecule has 5 nitrogen and oxygen atoms in total. The maximum absolute atomic E-state index is 5.36. The van der Waals surface area contributed by atoms with E-state index < -0.39 is 0 Å². The second-order valence-corrected chi connectivity index (χ2v) is 6.09. The fourth-order valence-corrected chi connectivity index (χ4v) is 2.34. The van der Waals surface area contributed by atoms with Crippen LogP contribution in [0.25, 0.3) is 0 Å². The summed E-state index contributed by atoms with van der Waals surface area (Å²) in [7, 11) is 0. The molecule has 2 aromatic rings. The van der Waals surface area contributed by atoms with Crippen molar-refractivity contribution < 1.29 is 9.15 Å². The van der Waals surface area contributed by atoms with Crippen LogP contribution in [0.15, 0.2) is 56.5 Å². The molecule has 0 bridgehead atoms. The molecule has 25 heavy (non-hydrogen) atoms. The van der Waals surface area contributed by atoms with Gasteiger partial charge in [0.05, 0.1) is 19.4 Å². The van der Waals surface area contributed by atoms with Gasteiger partial charge in [0.25, 0.3) is 0 Å². The first-order valence-corrected chi connectivity index (χ1v) is 8.94. The molecule has 1 aromatic heterocycles. The predicted octanol–water partition coefficient (Wildman–Crippen LogP) is 3.97. The third-order valence-corrected chi connectivity index (χ3v) is 3.85. The maximum atomic E-state index is 5.36. The van der Waals surface area contributed by atoms with E-state index in [1.54, 1.807) is 6.26 Å². The highest BCUT2D eigenvalue weighted by atomic mass is 127. The Morgan fingerprint density at radius 1 is 1.16 bits per heavy atom. The van der Waals surface area contributed by atoms with Crippen LogP contribution in [0.2, 0.25) is 0 Å². The van der Waals surface area contributed by atoms with Gasteiger partial charge in [-0.2, -0.15) is 0 Å². The molecule has 0 aliphatic carbocycles. The van der Waals surface area contributed by atoms with E-state index in [0.29, 0.717) is 13.2 Å². The Balaban J connectivity index is 0.00000312. The number of benzene rings is 1. The average molecular weight is 522 g/mol. The fraction of sp³-hybridized carbons (Fsp3) is 0.389. The second-order valence-electron chi connectivity index (χ2n) is 5.17. The lowest BCUT2D eigenvalue weighted by Gasteiger charge is -2.12. The number of nitrogens with one attached hydrogen (secondary N) is 2. The molecule has 0 aliphatic rings. The van der Waals surface area contributed by atoms with E-state index in [9.17, 15) is 0 Å². The summed E-state index contributed by atoms with van der Waals surface area (Å²) in [5.74, 6) is 1.74. The zero-order valence-electron chi connectivity index (χ0n) is 14.3. The molecule has 1 aromatic carbocycles. The number of aliphatic imine (C=N–C) groups is 1. The number of hydrogen-bond acceptors (Lipinski definition) is 3. The lowest BCUT2D eigenvalue weighted by Crippen LogP contribution is -2.40. The zero-order chi connectivity index (χ0) is 17.0. The van der Waals surface area contributed by atoms with Crippen molar-refractivity contribution in [1.82, 2.24) is 10.6 Å².